The van der Waals surface area contributed by atoms with Crippen molar-refractivity contribution in [3.05, 3.63) is 35.9 Å². The van der Waals surface area contributed by atoms with Gasteiger partial charge in [-0.2, -0.15) is 13.2 Å². The molecule has 0 radical (unpaired) electrons. The third-order valence-corrected chi connectivity index (χ3v) is 2.31. The molecular formula is C16H25F3O2. The molecule has 0 aliphatic heterocycles. The third-order valence-electron chi connectivity index (χ3n) is 2.31. The predicted molar refractivity (Wildman–Crippen MR) is 79.0 cm³/mol. The second-order valence-electron chi connectivity index (χ2n) is 3.90. The smallest absolute Gasteiger partial charge is 0.416 e. The van der Waals surface area contributed by atoms with Gasteiger partial charge in [-0.3, -0.25) is 4.79 Å². The van der Waals surface area contributed by atoms with Crippen molar-refractivity contribution in [2.75, 3.05) is 7.11 Å². The van der Waals surface area contributed by atoms with Crippen molar-refractivity contribution in [2.24, 2.45) is 0 Å². The molecule has 0 spiro atoms. The van der Waals surface area contributed by atoms with Gasteiger partial charge in [-0.1, -0.05) is 63.9 Å². The summed E-state index contributed by atoms with van der Waals surface area (Å²) in [6, 6.07) is 6.36. The third kappa shape index (κ3) is 13.2. The van der Waals surface area contributed by atoms with Crippen LogP contribution < -0.4 is 0 Å². The molecule has 2 nitrogen and oxygen atoms in total. The summed E-state index contributed by atoms with van der Waals surface area (Å²) in [4.78, 5) is 10.5. The monoisotopic (exact) mass is 306 g/mol. The topological polar surface area (TPSA) is 26.3 Å². The van der Waals surface area contributed by atoms with Crippen LogP contribution in [0.1, 0.15) is 52.0 Å². The van der Waals surface area contributed by atoms with Gasteiger partial charge in [0.2, 0.25) is 0 Å². The molecule has 0 bridgehead atoms. The molecule has 1 aromatic rings. The van der Waals surface area contributed by atoms with Gasteiger partial charge < -0.3 is 4.74 Å². The van der Waals surface area contributed by atoms with Crippen LogP contribution in [0.25, 0.3) is 0 Å². The molecule has 0 fully saturated rings. The molecule has 21 heavy (non-hydrogen) atoms. The lowest BCUT2D eigenvalue weighted by molar-refractivity contribution is -0.140. The molecule has 1 aromatic carbocycles. The normalized spacial score (nSPS) is 9.67. The Bertz CT molecular complexity index is 348. The Kier molecular flexibility index (Phi) is 14.0. The fourth-order valence-corrected chi connectivity index (χ4v) is 1.25. The zero-order valence-corrected chi connectivity index (χ0v) is 13.2. The van der Waals surface area contributed by atoms with Crippen LogP contribution >= 0.6 is 0 Å². The van der Waals surface area contributed by atoms with Crippen LogP contribution in [0, 0.1) is 0 Å². The van der Waals surface area contributed by atoms with E-state index in [-0.39, 0.29) is 5.97 Å². The summed E-state index contributed by atoms with van der Waals surface area (Å²) in [5, 5.41) is 0. The number of ether oxygens (including phenoxy) is 1. The number of hydrogen-bond acceptors (Lipinski definition) is 2. The Hall–Kier alpha value is -1.52. The highest BCUT2D eigenvalue weighted by atomic mass is 19.4. The average Bonchev–Trinajstić information content (AvgIpc) is 2.50. The number of hydrogen-bond donors (Lipinski definition) is 0. The highest BCUT2D eigenvalue weighted by molar-refractivity contribution is 5.68. The highest BCUT2D eigenvalue weighted by Crippen LogP contribution is 2.28. The number of methoxy groups -OCH3 is 1. The lowest BCUT2D eigenvalue weighted by atomic mass is 10.2. The first-order valence-electron chi connectivity index (χ1n) is 7.10. The fraction of sp³-hybridized carbons (Fsp3) is 0.562. The van der Waals surface area contributed by atoms with Gasteiger partial charge >= 0.3 is 12.1 Å². The van der Waals surface area contributed by atoms with Crippen molar-refractivity contribution in [2.45, 2.75) is 52.6 Å². The van der Waals surface area contributed by atoms with Crippen molar-refractivity contribution in [3.8, 4) is 0 Å². The van der Waals surface area contributed by atoms with E-state index in [1.807, 2.05) is 13.8 Å². The number of rotatable bonds is 4. The zero-order chi connectivity index (χ0) is 16.7. The fourth-order valence-electron chi connectivity index (χ4n) is 1.25. The van der Waals surface area contributed by atoms with Crippen LogP contribution in [0.5, 0.6) is 0 Å². The predicted octanol–water partition coefficient (Wildman–Crippen LogP) is 5.47. The van der Waals surface area contributed by atoms with E-state index in [1.165, 1.54) is 19.2 Å². The van der Waals surface area contributed by atoms with Crippen LogP contribution in [0.3, 0.4) is 0 Å². The van der Waals surface area contributed by atoms with E-state index in [4.69, 9.17) is 0 Å². The Balaban J connectivity index is 0. The Morgan fingerprint density at radius 2 is 1.62 bits per heavy atom. The van der Waals surface area contributed by atoms with E-state index in [0.717, 1.165) is 31.4 Å². The van der Waals surface area contributed by atoms with E-state index in [0.29, 0.717) is 6.42 Å². The number of alkyl halides is 3. The van der Waals surface area contributed by atoms with Crippen molar-refractivity contribution in [3.63, 3.8) is 0 Å². The van der Waals surface area contributed by atoms with E-state index in [1.54, 1.807) is 6.07 Å². The summed E-state index contributed by atoms with van der Waals surface area (Å²) in [6.07, 6.45) is -0.402. The summed E-state index contributed by atoms with van der Waals surface area (Å²) >= 11 is 0. The second kappa shape index (κ2) is 13.5. The Morgan fingerprint density at radius 1 is 1.10 bits per heavy atom. The zero-order valence-electron chi connectivity index (χ0n) is 13.2. The number of carbonyl (C=O) groups excluding carboxylic acids is 1. The molecule has 0 saturated heterocycles. The lowest BCUT2D eigenvalue weighted by Crippen LogP contribution is -2.03. The number of benzene rings is 1. The van der Waals surface area contributed by atoms with E-state index in [9.17, 15) is 18.0 Å². The van der Waals surface area contributed by atoms with Gasteiger partial charge in [0.1, 0.15) is 0 Å². The Labute approximate surface area is 125 Å². The SMILES string of the molecule is CC.CCCCCC(=O)OC.FC(F)(F)c1ccccc1. The van der Waals surface area contributed by atoms with Crippen LogP contribution in [0.15, 0.2) is 30.3 Å². The average molecular weight is 306 g/mol. The van der Waals surface area contributed by atoms with Crippen molar-refractivity contribution in [1.82, 2.24) is 0 Å². The minimum atomic E-state index is -4.21. The van der Waals surface area contributed by atoms with Crippen LogP contribution in [0.4, 0.5) is 13.2 Å². The first kappa shape index (κ1) is 21.8. The maximum atomic E-state index is 11.8. The quantitative estimate of drug-likeness (QED) is 0.544. The molecule has 0 saturated carbocycles. The molecule has 0 atom stereocenters. The Morgan fingerprint density at radius 3 is 1.95 bits per heavy atom. The molecule has 5 heteroatoms. The van der Waals surface area contributed by atoms with E-state index >= 15 is 0 Å². The molecule has 0 N–H and O–H groups in total. The molecule has 0 amide bonds. The van der Waals surface area contributed by atoms with Crippen LogP contribution in [-0.4, -0.2) is 13.1 Å². The summed E-state index contributed by atoms with van der Waals surface area (Å²) in [5.41, 5.74) is -0.602. The molecule has 0 aromatic heterocycles. The number of unbranched alkanes of at least 4 members (excludes halogenated alkanes) is 2. The van der Waals surface area contributed by atoms with Crippen molar-refractivity contribution in [1.29, 1.82) is 0 Å². The van der Waals surface area contributed by atoms with E-state index < -0.39 is 11.7 Å². The molecular weight excluding hydrogens is 281 g/mol. The van der Waals surface area contributed by atoms with Gasteiger partial charge in [0.25, 0.3) is 0 Å². The van der Waals surface area contributed by atoms with E-state index in [2.05, 4.69) is 11.7 Å². The first-order valence-corrected chi connectivity index (χ1v) is 7.10. The van der Waals surface area contributed by atoms with Crippen molar-refractivity contribution >= 4 is 5.97 Å². The number of carbonyl (C=O) groups is 1. The number of esters is 1. The summed E-state index contributed by atoms with van der Waals surface area (Å²) in [7, 11) is 1.42. The summed E-state index contributed by atoms with van der Waals surface area (Å²) < 4.78 is 39.8. The molecule has 122 valence electrons. The molecule has 0 heterocycles. The minimum absolute atomic E-state index is 0.0940. The highest BCUT2D eigenvalue weighted by Gasteiger charge is 2.29. The van der Waals surface area contributed by atoms with Gasteiger partial charge in [0, 0.05) is 6.42 Å². The lowest BCUT2D eigenvalue weighted by Gasteiger charge is -2.03. The van der Waals surface area contributed by atoms with Gasteiger partial charge in [0.15, 0.2) is 0 Å². The van der Waals surface area contributed by atoms with Gasteiger partial charge in [-0.05, 0) is 6.42 Å². The molecule has 0 aliphatic rings. The minimum Gasteiger partial charge on any atom is -0.469 e. The standard InChI is InChI=1S/C7H5F3.C7H14O2.C2H6/c8-7(9,10)6-4-2-1-3-5-6;1-3-4-5-6-7(8)9-2;1-2/h1-5H;3-6H2,1-2H3;1-2H3. The summed E-state index contributed by atoms with van der Waals surface area (Å²) in [5.74, 6) is -0.0940. The number of halogens is 3. The molecule has 1 rings (SSSR count). The van der Waals surface area contributed by atoms with Gasteiger partial charge in [-0.15, -0.1) is 0 Å². The maximum Gasteiger partial charge on any atom is 0.416 e. The van der Waals surface area contributed by atoms with Crippen LogP contribution in [-0.2, 0) is 15.7 Å². The van der Waals surface area contributed by atoms with Gasteiger partial charge in [0.05, 0.1) is 12.7 Å². The molecule has 0 unspecified atom stereocenters. The second-order valence-corrected chi connectivity index (χ2v) is 3.90. The first-order chi connectivity index (χ1) is 9.91. The maximum absolute atomic E-state index is 11.8. The largest absolute Gasteiger partial charge is 0.469 e. The van der Waals surface area contributed by atoms with Gasteiger partial charge in [-0.25, -0.2) is 0 Å². The summed E-state index contributed by atoms with van der Waals surface area (Å²) in [6.45, 7) is 6.11. The molecule has 0 aliphatic carbocycles. The van der Waals surface area contributed by atoms with Crippen LogP contribution in [0.2, 0.25) is 0 Å². The van der Waals surface area contributed by atoms with Crippen molar-refractivity contribution < 1.29 is 22.7 Å².